The lowest BCUT2D eigenvalue weighted by molar-refractivity contribution is -0.129. The van der Waals surface area contributed by atoms with Crippen molar-refractivity contribution in [1.82, 2.24) is 0 Å². The minimum absolute atomic E-state index is 0.146. The first-order valence-corrected chi connectivity index (χ1v) is 4.51. The third-order valence-corrected chi connectivity index (χ3v) is 2.46. The molecule has 0 heterocycles. The first-order valence-electron chi connectivity index (χ1n) is 4.51. The average Bonchev–Trinajstić information content (AvgIpc) is 2.15. The van der Waals surface area contributed by atoms with Gasteiger partial charge < -0.3 is 5.11 Å². The van der Waals surface area contributed by atoms with Gasteiger partial charge in [-0.1, -0.05) is 6.58 Å². The maximum absolute atomic E-state index is 11.0. The first-order chi connectivity index (χ1) is 6.15. The van der Waals surface area contributed by atoms with Gasteiger partial charge in [0.2, 0.25) is 0 Å². The topological polar surface area (TPSA) is 54.4 Å². The minimum Gasteiger partial charge on any atom is -0.385 e. The van der Waals surface area contributed by atoms with Crippen LogP contribution in [-0.4, -0.2) is 22.8 Å². The van der Waals surface area contributed by atoms with Crippen LogP contribution in [0.5, 0.6) is 0 Å². The van der Waals surface area contributed by atoms with Gasteiger partial charge in [0.1, 0.15) is 11.9 Å². The Morgan fingerprint density at radius 2 is 2.38 bits per heavy atom. The second-order valence-electron chi connectivity index (χ2n) is 3.45. The van der Waals surface area contributed by atoms with Gasteiger partial charge in [-0.3, -0.25) is 9.59 Å². The van der Waals surface area contributed by atoms with Gasteiger partial charge in [0, 0.05) is 12.8 Å². The number of aliphatic hydroxyl groups excluding tert-OH is 1. The molecule has 1 aliphatic rings. The zero-order chi connectivity index (χ0) is 9.84. The van der Waals surface area contributed by atoms with Crippen molar-refractivity contribution in [2.75, 3.05) is 0 Å². The van der Waals surface area contributed by atoms with Crippen LogP contribution in [0.25, 0.3) is 0 Å². The number of hydrogen-bond acceptors (Lipinski definition) is 3. The van der Waals surface area contributed by atoms with Crippen LogP contribution in [0.2, 0.25) is 0 Å². The third kappa shape index (κ3) is 2.49. The molecule has 72 valence electrons. The van der Waals surface area contributed by atoms with Crippen molar-refractivity contribution in [3.8, 4) is 0 Å². The van der Waals surface area contributed by atoms with E-state index in [0.717, 1.165) is 18.9 Å². The summed E-state index contributed by atoms with van der Waals surface area (Å²) in [6.45, 7) is 3.30. The van der Waals surface area contributed by atoms with Crippen LogP contribution in [0.15, 0.2) is 12.7 Å². The molecule has 0 spiro atoms. The molecule has 0 aromatic rings. The Bertz CT molecular complexity index is 232. The number of ketones is 2. The van der Waals surface area contributed by atoms with Gasteiger partial charge in [-0.15, -0.1) is 0 Å². The van der Waals surface area contributed by atoms with Crippen molar-refractivity contribution < 1.29 is 14.7 Å². The fourth-order valence-electron chi connectivity index (χ4n) is 1.68. The maximum Gasteiger partial charge on any atom is 0.183 e. The summed E-state index contributed by atoms with van der Waals surface area (Å²) in [5, 5.41) is 9.49. The fraction of sp³-hybridized carbons (Fsp3) is 0.600. The van der Waals surface area contributed by atoms with E-state index in [1.807, 2.05) is 0 Å². The Labute approximate surface area is 77.4 Å². The summed E-state index contributed by atoms with van der Waals surface area (Å²) in [6, 6.07) is 0. The minimum atomic E-state index is -1.03. The molecule has 0 amide bonds. The van der Waals surface area contributed by atoms with E-state index in [4.69, 9.17) is 0 Å². The zero-order valence-corrected chi connectivity index (χ0v) is 7.53. The van der Waals surface area contributed by atoms with Crippen molar-refractivity contribution in [1.29, 1.82) is 0 Å². The van der Waals surface area contributed by atoms with Crippen molar-refractivity contribution in [2.45, 2.75) is 31.8 Å². The molecular formula is C10H14O3. The predicted octanol–water partition coefficient (Wildman–Crippen LogP) is 0.862. The molecule has 0 aliphatic heterocycles. The van der Waals surface area contributed by atoms with Gasteiger partial charge in [0.25, 0.3) is 0 Å². The van der Waals surface area contributed by atoms with Gasteiger partial charge in [-0.25, -0.2) is 0 Å². The van der Waals surface area contributed by atoms with Crippen molar-refractivity contribution in [3.63, 3.8) is 0 Å². The highest BCUT2D eigenvalue weighted by Crippen LogP contribution is 2.24. The van der Waals surface area contributed by atoms with E-state index in [1.54, 1.807) is 0 Å². The van der Waals surface area contributed by atoms with Crippen molar-refractivity contribution in [3.05, 3.63) is 12.7 Å². The quantitative estimate of drug-likeness (QED) is 0.659. The zero-order valence-electron chi connectivity index (χ0n) is 7.53. The Kier molecular flexibility index (Phi) is 3.37. The predicted molar refractivity (Wildman–Crippen MR) is 48.2 cm³/mol. The molecule has 3 nitrogen and oxygen atoms in total. The first kappa shape index (κ1) is 10.1. The number of rotatable bonds is 3. The largest absolute Gasteiger partial charge is 0.385 e. The summed E-state index contributed by atoms with van der Waals surface area (Å²) in [6.07, 6.45) is 2.55. The molecule has 0 bridgehead atoms. The van der Waals surface area contributed by atoms with Crippen molar-refractivity contribution >= 4 is 11.6 Å². The number of carbonyl (C=O) groups excluding carboxylic acids is 2. The fourth-order valence-corrected chi connectivity index (χ4v) is 1.68. The van der Waals surface area contributed by atoms with Crippen LogP contribution in [0.4, 0.5) is 0 Å². The molecule has 13 heavy (non-hydrogen) atoms. The highest BCUT2D eigenvalue weighted by Gasteiger charge is 2.28. The summed E-state index contributed by atoms with van der Waals surface area (Å²) in [7, 11) is 0. The molecule has 2 unspecified atom stereocenters. The standard InChI is InChI=1S/C10H14O3/c1-2-9(12)10(13)7-4-3-5-8(11)6-7/h2,7,10,13H,1,3-6H2. The van der Waals surface area contributed by atoms with Crippen LogP contribution in [-0.2, 0) is 9.59 Å². The Morgan fingerprint density at radius 3 is 2.92 bits per heavy atom. The van der Waals surface area contributed by atoms with Gasteiger partial charge >= 0.3 is 0 Å². The maximum atomic E-state index is 11.0. The summed E-state index contributed by atoms with van der Waals surface area (Å²) in [4.78, 5) is 22.1. The molecule has 0 aromatic carbocycles. The molecule has 1 aliphatic carbocycles. The van der Waals surface area contributed by atoms with E-state index in [9.17, 15) is 14.7 Å². The number of Topliss-reactive ketones (excluding diaryl/α,β-unsaturated/α-hetero) is 1. The molecule has 1 saturated carbocycles. The Balaban J connectivity index is 2.55. The lowest BCUT2D eigenvalue weighted by atomic mass is 9.83. The van der Waals surface area contributed by atoms with E-state index in [1.165, 1.54) is 0 Å². The molecule has 1 rings (SSSR count). The number of carbonyl (C=O) groups is 2. The van der Waals surface area contributed by atoms with Crippen molar-refractivity contribution in [2.24, 2.45) is 5.92 Å². The van der Waals surface area contributed by atoms with Crippen LogP contribution >= 0.6 is 0 Å². The molecule has 3 heteroatoms. The summed E-state index contributed by atoms with van der Waals surface area (Å²) < 4.78 is 0. The SMILES string of the molecule is C=CC(=O)C(O)C1CCCC(=O)C1. The second kappa shape index (κ2) is 4.33. The van der Waals surface area contributed by atoms with Gasteiger partial charge in [0.15, 0.2) is 5.78 Å². The van der Waals surface area contributed by atoms with E-state index >= 15 is 0 Å². The summed E-state index contributed by atoms with van der Waals surface area (Å²) >= 11 is 0. The molecule has 0 aromatic heterocycles. The van der Waals surface area contributed by atoms with Gasteiger partial charge in [-0.05, 0) is 24.8 Å². The number of hydrogen-bond donors (Lipinski definition) is 1. The average molecular weight is 182 g/mol. The van der Waals surface area contributed by atoms with E-state index in [-0.39, 0.29) is 17.5 Å². The summed E-state index contributed by atoms with van der Waals surface area (Å²) in [5.41, 5.74) is 0. The van der Waals surface area contributed by atoms with Gasteiger partial charge in [0.05, 0.1) is 0 Å². The Morgan fingerprint density at radius 1 is 1.69 bits per heavy atom. The van der Waals surface area contributed by atoms with Crippen LogP contribution < -0.4 is 0 Å². The highest BCUT2D eigenvalue weighted by molar-refractivity contribution is 5.93. The lowest BCUT2D eigenvalue weighted by Crippen LogP contribution is -2.32. The molecular weight excluding hydrogens is 168 g/mol. The molecule has 0 radical (unpaired) electrons. The van der Waals surface area contributed by atoms with Crippen LogP contribution in [0.1, 0.15) is 25.7 Å². The second-order valence-corrected chi connectivity index (χ2v) is 3.45. The van der Waals surface area contributed by atoms with Crippen LogP contribution in [0, 0.1) is 5.92 Å². The Hall–Kier alpha value is -0.960. The normalized spacial score (nSPS) is 25.3. The summed E-state index contributed by atoms with van der Waals surface area (Å²) in [5.74, 6) is -0.418. The number of aliphatic hydroxyl groups is 1. The van der Waals surface area contributed by atoms with E-state index < -0.39 is 6.10 Å². The third-order valence-electron chi connectivity index (χ3n) is 2.46. The highest BCUT2D eigenvalue weighted by atomic mass is 16.3. The van der Waals surface area contributed by atoms with Crippen LogP contribution in [0.3, 0.4) is 0 Å². The molecule has 2 atom stereocenters. The van der Waals surface area contributed by atoms with Gasteiger partial charge in [-0.2, -0.15) is 0 Å². The molecule has 0 saturated heterocycles. The molecule has 1 N–H and O–H groups in total. The van der Waals surface area contributed by atoms with E-state index in [0.29, 0.717) is 12.8 Å². The lowest BCUT2D eigenvalue weighted by Gasteiger charge is -2.23. The van der Waals surface area contributed by atoms with E-state index in [2.05, 4.69) is 6.58 Å². The molecule has 1 fully saturated rings. The monoisotopic (exact) mass is 182 g/mol. The smallest absolute Gasteiger partial charge is 0.183 e.